The molecule has 1 heterocycles. The lowest BCUT2D eigenvalue weighted by atomic mass is 9.90. The number of pyridine rings is 1. The van der Waals surface area contributed by atoms with Crippen LogP contribution in [0.2, 0.25) is 0 Å². The van der Waals surface area contributed by atoms with Crippen molar-refractivity contribution >= 4 is 5.91 Å². The molecule has 0 aliphatic rings. The van der Waals surface area contributed by atoms with Gasteiger partial charge in [0.2, 0.25) is 5.91 Å². The smallest absolute Gasteiger partial charge is 0.222 e. The molecule has 0 radical (unpaired) electrons. The third kappa shape index (κ3) is 4.13. The second kappa shape index (κ2) is 5.98. The Kier molecular flexibility index (Phi) is 4.88. The first-order valence-corrected chi connectivity index (χ1v) is 6.54. The maximum Gasteiger partial charge on any atom is 0.222 e. The van der Waals surface area contributed by atoms with Crippen molar-refractivity contribution in [2.75, 3.05) is 13.6 Å². The summed E-state index contributed by atoms with van der Waals surface area (Å²) in [6, 6.07) is 4.10. The van der Waals surface area contributed by atoms with Crippen molar-refractivity contribution in [3.8, 4) is 0 Å². The lowest BCUT2D eigenvalue weighted by Gasteiger charge is -2.18. The predicted octanol–water partition coefficient (Wildman–Crippen LogP) is 2.79. The molecule has 0 spiro atoms. The molecule has 0 aromatic carbocycles. The molecule has 100 valence electrons. The largest absolute Gasteiger partial charge is 0.346 e. The molecule has 1 rings (SSSR count). The molecular formula is C15H24N2O. The average Bonchev–Trinajstić information content (AvgIpc) is 2.34. The summed E-state index contributed by atoms with van der Waals surface area (Å²) in [6.45, 7) is 9.20. The van der Waals surface area contributed by atoms with E-state index in [9.17, 15) is 4.79 Å². The van der Waals surface area contributed by atoms with Crippen LogP contribution >= 0.6 is 0 Å². The van der Waals surface area contributed by atoms with Crippen LogP contribution in [0.25, 0.3) is 0 Å². The number of rotatable bonds is 4. The van der Waals surface area contributed by atoms with Crippen LogP contribution in [-0.4, -0.2) is 29.4 Å². The van der Waals surface area contributed by atoms with Crippen LogP contribution < -0.4 is 0 Å². The Morgan fingerprint density at radius 2 is 2.06 bits per heavy atom. The molecule has 0 saturated carbocycles. The number of carbonyl (C=O) groups excluding carboxylic acids is 1. The van der Waals surface area contributed by atoms with Gasteiger partial charge in [0.15, 0.2) is 0 Å². The zero-order valence-corrected chi connectivity index (χ0v) is 12.2. The third-order valence-electron chi connectivity index (χ3n) is 3.12. The van der Waals surface area contributed by atoms with Crippen molar-refractivity contribution in [1.82, 2.24) is 9.88 Å². The fourth-order valence-electron chi connectivity index (χ4n) is 1.66. The van der Waals surface area contributed by atoms with Crippen molar-refractivity contribution < 1.29 is 4.79 Å². The van der Waals surface area contributed by atoms with E-state index in [0.29, 0.717) is 6.42 Å². The fourth-order valence-corrected chi connectivity index (χ4v) is 1.66. The van der Waals surface area contributed by atoms with Crippen LogP contribution in [0.1, 0.15) is 45.4 Å². The quantitative estimate of drug-likeness (QED) is 0.821. The first kappa shape index (κ1) is 14.7. The molecule has 1 aromatic heterocycles. The van der Waals surface area contributed by atoms with Gasteiger partial charge in [-0.1, -0.05) is 20.8 Å². The van der Waals surface area contributed by atoms with Crippen molar-refractivity contribution in [3.05, 3.63) is 29.6 Å². The highest BCUT2D eigenvalue weighted by atomic mass is 16.2. The van der Waals surface area contributed by atoms with Crippen molar-refractivity contribution in [2.45, 2.75) is 46.0 Å². The van der Waals surface area contributed by atoms with Gasteiger partial charge in [-0.3, -0.25) is 9.78 Å². The summed E-state index contributed by atoms with van der Waals surface area (Å²) in [6.07, 6.45) is 3.19. The van der Waals surface area contributed by atoms with Crippen LogP contribution in [0.4, 0.5) is 0 Å². The molecule has 0 unspecified atom stereocenters. The van der Waals surface area contributed by atoms with Gasteiger partial charge in [0.05, 0.1) is 0 Å². The first-order chi connectivity index (χ1) is 8.34. The fraction of sp³-hybridized carbons (Fsp3) is 0.600. The number of amides is 1. The summed E-state index contributed by atoms with van der Waals surface area (Å²) in [7, 11) is 1.84. The predicted molar refractivity (Wildman–Crippen MR) is 74.6 cm³/mol. The monoisotopic (exact) mass is 248 g/mol. The Morgan fingerprint density at radius 3 is 2.61 bits per heavy atom. The number of carbonyl (C=O) groups is 1. The van der Waals surface area contributed by atoms with Crippen LogP contribution in [0.15, 0.2) is 18.3 Å². The highest BCUT2D eigenvalue weighted by Crippen LogP contribution is 2.20. The van der Waals surface area contributed by atoms with E-state index in [1.807, 2.05) is 26.2 Å². The van der Waals surface area contributed by atoms with E-state index >= 15 is 0 Å². The van der Waals surface area contributed by atoms with E-state index in [2.05, 4.69) is 31.8 Å². The number of nitrogens with zero attached hydrogens (tertiary/aromatic N) is 2. The van der Waals surface area contributed by atoms with Gasteiger partial charge < -0.3 is 4.90 Å². The summed E-state index contributed by atoms with van der Waals surface area (Å²) >= 11 is 0. The molecule has 18 heavy (non-hydrogen) atoms. The molecule has 1 aromatic rings. The van der Waals surface area contributed by atoms with Gasteiger partial charge in [-0.15, -0.1) is 0 Å². The minimum absolute atomic E-state index is 0.0558. The molecule has 0 aliphatic heterocycles. The Bertz CT molecular complexity index is 407. The maximum atomic E-state index is 11.7. The van der Waals surface area contributed by atoms with E-state index in [1.54, 1.807) is 4.90 Å². The van der Waals surface area contributed by atoms with Crippen molar-refractivity contribution in [3.63, 3.8) is 0 Å². The Hall–Kier alpha value is -1.38. The lowest BCUT2D eigenvalue weighted by molar-refractivity contribution is -0.129. The zero-order valence-electron chi connectivity index (χ0n) is 12.2. The van der Waals surface area contributed by atoms with Crippen molar-refractivity contribution in [1.29, 1.82) is 0 Å². The second-order valence-corrected chi connectivity index (χ2v) is 5.71. The maximum absolute atomic E-state index is 11.7. The molecule has 0 bridgehead atoms. The number of hydrogen-bond acceptors (Lipinski definition) is 2. The Labute approximate surface area is 110 Å². The second-order valence-electron chi connectivity index (χ2n) is 5.71. The van der Waals surface area contributed by atoms with Gasteiger partial charge in [-0.2, -0.15) is 0 Å². The summed E-state index contributed by atoms with van der Waals surface area (Å²) in [4.78, 5) is 17.9. The highest BCUT2D eigenvalue weighted by Gasteiger charge is 2.15. The van der Waals surface area contributed by atoms with Gasteiger partial charge in [0.1, 0.15) is 0 Å². The van der Waals surface area contributed by atoms with E-state index in [1.165, 1.54) is 5.56 Å². The standard InChI is InChI=1S/C15H24N2O/c1-6-17(5)14(18)8-7-12-9-10-16-13(11-12)15(2,3)4/h9-11H,6-8H2,1-5H3. The van der Waals surface area contributed by atoms with Crippen LogP contribution in [-0.2, 0) is 16.6 Å². The SMILES string of the molecule is CCN(C)C(=O)CCc1ccnc(C(C)(C)C)c1. The molecule has 3 heteroatoms. The highest BCUT2D eigenvalue weighted by molar-refractivity contribution is 5.76. The molecular weight excluding hydrogens is 224 g/mol. The summed E-state index contributed by atoms with van der Waals surface area (Å²) < 4.78 is 0. The molecule has 0 N–H and O–H groups in total. The molecule has 0 aliphatic carbocycles. The zero-order chi connectivity index (χ0) is 13.8. The minimum Gasteiger partial charge on any atom is -0.346 e. The minimum atomic E-state index is 0.0558. The molecule has 0 saturated heterocycles. The van der Waals surface area contributed by atoms with Crippen LogP contribution in [0, 0.1) is 0 Å². The number of aryl methyl sites for hydroxylation is 1. The van der Waals surface area contributed by atoms with E-state index in [0.717, 1.165) is 18.7 Å². The number of aromatic nitrogens is 1. The number of hydrogen-bond donors (Lipinski definition) is 0. The summed E-state index contributed by atoms with van der Waals surface area (Å²) in [5, 5.41) is 0. The Balaban J connectivity index is 2.66. The normalized spacial score (nSPS) is 11.4. The molecule has 3 nitrogen and oxygen atoms in total. The summed E-state index contributed by atoms with van der Waals surface area (Å²) in [5.74, 6) is 0.201. The summed E-state index contributed by atoms with van der Waals surface area (Å²) in [5.41, 5.74) is 2.32. The third-order valence-corrected chi connectivity index (χ3v) is 3.12. The van der Waals surface area contributed by atoms with Gasteiger partial charge in [0.25, 0.3) is 0 Å². The molecule has 0 fully saturated rings. The average molecular weight is 248 g/mol. The lowest BCUT2D eigenvalue weighted by Crippen LogP contribution is -2.26. The molecule has 0 atom stereocenters. The van der Waals surface area contributed by atoms with Gasteiger partial charge >= 0.3 is 0 Å². The van der Waals surface area contributed by atoms with Crippen LogP contribution in [0.5, 0.6) is 0 Å². The topological polar surface area (TPSA) is 33.2 Å². The van der Waals surface area contributed by atoms with E-state index < -0.39 is 0 Å². The van der Waals surface area contributed by atoms with Gasteiger partial charge in [-0.05, 0) is 31.0 Å². The van der Waals surface area contributed by atoms with Gasteiger partial charge in [-0.25, -0.2) is 0 Å². The van der Waals surface area contributed by atoms with E-state index in [4.69, 9.17) is 0 Å². The van der Waals surface area contributed by atoms with Crippen molar-refractivity contribution in [2.24, 2.45) is 0 Å². The van der Waals surface area contributed by atoms with E-state index in [-0.39, 0.29) is 11.3 Å². The first-order valence-electron chi connectivity index (χ1n) is 6.54. The van der Waals surface area contributed by atoms with Crippen LogP contribution in [0.3, 0.4) is 0 Å². The van der Waals surface area contributed by atoms with Gasteiger partial charge in [0, 0.05) is 37.3 Å². The molecule has 1 amide bonds. The Morgan fingerprint density at radius 1 is 1.39 bits per heavy atom.